The van der Waals surface area contributed by atoms with Crippen LogP contribution >= 0.6 is 11.6 Å². The Morgan fingerprint density at radius 1 is 1.11 bits per heavy atom. The fraction of sp³-hybridized carbons (Fsp3) is 0.190. The zero-order chi connectivity index (χ0) is 19.6. The van der Waals surface area contributed by atoms with Gasteiger partial charge in [0, 0.05) is 18.8 Å². The zero-order valence-electron chi connectivity index (χ0n) is 15.4. The molecule has 0 bridgehead atoms. The third kappa shape index (κ3) is 3.78. The van der Waals surface area contributed by atoms with Crippen molar-refractivity contribution in [3.05, 3.63) is 92.9 Å². The fourth-order valence-corrected chi connectivity index (χ4v) is 3.08. The summed E-state index contributed by atoms with van der Waals surface area (Å²) in [6, 6.07) is 18.0. The minimum absolute atomic E-state index is 0.134. The summed E-state index contributed by atoms with van der Waals surface area (Å²) in [5.74, 6) is -0.433. The van der Waals surface area contributed by atoms with Crippen LogP contribution < -0.4 is 5.43 Å². The van der Waals surface area contributed by atoms with Gasteiger partial charge < -0.3 is 4.90 Å². The summed E-state index contributed by atoms with van der Waals surface area (Å²) in [7, 11) is 1.67. The van der Waals surface area contributed by atoms with Crippen LogP contribution in [0.15, 0.2) is 65.5 Å². The molecule has 138 valence electrons. The van der Waals surface area contributed by atoms with Gasteiger partial charge in [-0.25, -0.2) is 4.68 Å². The van der Waals surface area contributed by atoms with E-state index in [9.17, 15) is 9.59 Å². The Morgan fingerprint density at radius 3 is 2.41 bits per heavy atom. The average Bonchev–Trinajstić information content (AvgIpc) is 2.68. The van der Waals surface area contributed by atoms with Gasteiger partial charge in [0.25, 0.3) is 5.91 Å². The summed E-state index contributed by atoms with van der Waals surface area (Å²) in [5, 5.41) is 4.82. The molecule has 0 aliphatic rings. The smallest absolute Gasteiger partial charge is 0.278 e. The van der Waals surface area contributed by atoms with Crippen LogP contribution in [0, 0.1) is 6.92 Å². The second kappa shape index (κ2) is 7.76. The fourth-order valence-electron chi connectivity index (χ4n) is 2.86. The molecule has 1 atom stereocenters. The van der Waals surface area contributed by atoms with E-state index in [1.54, 1.807) is 26.1 Å². The molecule has 0 saturated carbocycles. The predicted octanol–water partition coefficient (Wildman–Crippen LogP) is 4.03. The Morgan fingerprint density at radius 2 is 1.74 bits per heavy atom. The number of halogens is 1. The van der Waals surface area contributed by atoms with E-state index in [4.69, 9.17) is 11.6 Å². The van der Waals surface area contributed by atoms with Crippen molar-refractivity contribution in [3.63, 3.8) is 0 Å². The molecule has 2 aromatic carbocycles. The third-order valence-corrected chi connectivity index (χ3v) is 4.89. The van der Waals surface area contributed by atoms with Gasteiger partial charge in [-0.15, -0.1) is 0 Å². The van der Waals surface area contributed by atoms with Crippen molar-refractivity contribution in [2.75, 3.05) is 7.05 Å². The molecule has 0 N–H and O–H groups in total. The van der Waals surface area contributed by atoms with Crippen LogP contribution in [0.25, 0.3) is 5.69 Å². The van der Waals surface area contributed by atoms with Gasteiger partial charge in [-0.1, -0.05) is 54.1 Å². The largest absolute Gasteiger partial charge is 0.333 e. The van der Waals surface area contributed by atoms with E-state index < -0.39 is 11.3 Å². The Bertz CT molecular complexity index is 1030. The topological polar surface area (TPSA) is 55.2 Å². The van der Waals surface area contributed by atoms with Crippen LogP contribution in [0.5, 0.6) is 0 Å². The minimum Gasteiger partial charge on any atom is -0.333 e. The predicted molar refractivity (Wildman–Crippen MR) is 107 cm³/mol. The molecule has 1 heterocycles. The Kier molecular flexibility index (Phi) is 5.42. The maximum atomic E-state index is 13.0. The number of para-hydroxylation sites is 1. The summed E-state index contributed by atoms with van der Waals surface area (Å²) in [4.78, 5) is 27.0. The summed E-state index contributed by atoms with van der Waals surface area (Å²) in [6.45, 7) is 3.66. The Balaban J connectivity index is 2.01. The highest BCUT2D eigenvalue weighted by Crippen LogP contribution is 2.21. The molecule has 1 aromatic heterocycles. The summed E-state index contributed by atoms with van der Waals surface area (Å²) in [6.07, 6.45) is 0. The molecule has 0 spiro atoms. The van der Waals surface area contributed by atoms with Crippen molar-refractivity contribution in [2.24, 2.45) is 0 Å². The molecule has 6 heteroatoms. The Labute approximate surface area is 162 Å². The number of hydrogen-bond donors (Lipinski definition) is 0. The van der Waals surface area contributed by atoms with Gasteiger partial charge in [0.15, 0.2) is 5.69 Å². The zero-order valence-corrected chi connectivity index (χ0v) is 16.1. The number of aromatic nitrogens is 2. The lowest BCUT2D eigenvalue weighted by atomic mass is 10.1. The number of carbonyl (C=O) groups excluding carboxylic acids is 1. The molecule has 3 rings (SSSR count). The molecule has 0 aliphatic heterocycles. The quantitative estimate of drug-likeness (QED) is 0.685. The average molecular weight is 382 g/mol. The highest BCUT2D eigenvalue weighted by Gasteiger charge is 2.23. The van der Waals surface area contributed by atoms with Crippen molar-refractivity contribution in [1.29, 1.82) is 0 Å². The van der Waals surface area contributed by atoms with Crippen molar-refractivity contribution < 1.29 is 4.79 Å². The van der Waals surface area contributed by atoms with Crippen LogP contribution in [0.4, 0.5) is 0 Å². The van der Waals surface area contributed by atoms with E-state index in [0.717, 1.165) is 5.56 Å². The lowest BCUT2D eigenvalue weighted by Crippen LogP contribution is -2.35. The number of rotatable bonds is 4. The summed E-state index contributed by atoms with van der Waals surface area (Å²) < 4.78 is 1.53. The second-order valence-corrected chi connectivity index (χ2v) is 6.77. The van der Waals surface area contributed by atoms with E-state index in [-0.39, 0.29) is 11.7 Å². The van der Waals surface area contributed by atoms with Crippen molar-refractivity contribution in [1.82, 2.24) is 14.7 Å². The lowest BCUT2D eigenvalue weighted by Gasteiger charge is -2.25. The summed E-state index contributed by atoms with van der Waals surface area (Å²) in [5.41, 5.74) is 1.65. The van der Waals surface area contributed by atoms with Crippen LogP contribution in [0.1, 0.15) is 34.7 Å². The van der Waals surface area contributed by atoms with Gasteiger partial charge in [-0.2, -0.15) is 5.10 Å². The van der Waals surface area contributed by atoms with Gasteiger partial charge in [0.05, 0.1) is 16.8 Å². The van der Waals surface area contributed by atoms with Crippen molar-refractivity contribution >= 4 is 17.5 Å². The van der Waals surface area contributed by atoms with Crippen LogP contribution in [0.3, 0.4) is 0 Å². The van der Waals surface area contributed by atoms with Gasteiger partial charge in [-0.05, 0) is 31.5 Å². The molecular weight excluding hydrogens is 362 g/mol. The maximum Gasteiger partial charge on any atom is 0.278 e. The first-order valence-electron chi connectivity index (χ1n) is 8.58. The highest BCUT2D eigenvalue weighted by molar-refractivity contribution is 6.32. The first-order chi connectivity index (χ1) is 12.9. The molecule has 0 unspecified atom stereocenters. The van der Waals surface area contributed by atoms with E-state index in [2.05, 4.69) is 5.10 Å². The number of carbonyl (C=O) groups is 1. The molecule has 0 radical (unpaired) electrons. The van der Waals surface area contributed by atoms with Crippen molar-refractivity contribution in [2.45, 2.75) is 19.9 Å². The van der Waals surface area contributed by atoms with Gasteiger partial charge >= 0.3 is 0 Å². The molecule has 0 fully saturated rings. The van der Waals surface area contributed by atoms with Crippen LogP contribution in [-0.2, 0) is 0 Å². The molecular formula is C21H20ClN3O2. The number of aryl methyl sites for hydroxylation is 1. The number of benzene rings is 2. The van der Waals surface area contributed by atoms with E-state index >= 15 is 0 Å². The first kappa shape index (κ1) is 18.9. The number of amides is 1. The van der Waals surface area contributed by atoms with Gasteiger partial charge in [0.1, 0.15) is 0 Å². The van der Waals surface area contributed by atoms with Crippen LogP contribution in [-0.4, -0.2) is 27.6 Å². The molecule has 5 nitrogen and oxygen atoms in total. The molecule has 3 aromatic rings. The normalized spacial score (nSPS) is 11.9. The SMILES string of the molecule is Cc1cc(=O)c(C(=O)N(C)[C@H](C)c2ccccc2)nn1-c1ccccc1Cl. The monoisotopic (exact) mass is 381 g/mol. The van der Waals surface area contributed by atoms with Crippen molar-refractivity contribution in [3.8, 4) is 5.69 Å². The van der Waals surface area contributed by atoms with Gasteiger partial charge in [0.2, 0.25) is 5.43 Å². The summed E-state index contributed by atoms with van der Waals surface area (Å²) >= 11 is 6.26. The Hall–Kier alpha value is -2.92. The first-order valence-corrected chi connectivity index (χ1v) is 8.96. The molecule has 0 aliphatic carbocycles. The number of hydrogen-bond acceptors (Lipinski definition) is 3. The van der Waals surface area contributed by atoms with E-state index in [0.29, 0.717) is 16.4 Å². The standard InChI is InChI=1S/C21H20ClN3O2/c1-14-13-19(26)20(23-25(14)18-12-8-7-11-17(18)22)21(27)24(3)15(2)16-9-5-4-6-10-16/h4-13,15H,1-3H3/t15-/m1/s1. The molecule has 27 heavy (non-hydrogen) atoms. The highest BCUT2D eigenvalue weighted by atomic mass is 35.5. The lowest BCUT2D eigenvalue weighted by molar-refractivity contribution is 0.0733. The maximum absolute atomic E-state index is 13.0. The molecule has 1 amide bonds. The second-order valence-electron chi connectivity index (χ2n) is 6.36. The number of nitrogens with zero attached hydrogens (tertiary/aromatic N) is 3. The third-order valence-electron chi connectivity index (χ3n) is 4.57. The minimum atomic E-state index is -0.433. The molecule has 0 saturated heterocycles. The van der Waals surface area contributed by atoms with E-state index in [1.165, 1.54) is 15.6 Å². The van der Waals surface area contributed by atoms with Gasteiger partial charge in [-0.3, -0.25) is 9.59 Å². The van der Waals surface area contributed by atoms with Crippen LogP contribution in [0.2, 0.25) is 5.02 Å². The van der Waals surface area contributed by atoms with E-state index in [1.807, 2.05) is 49.4 Å².